The number of pyridine rings is 1. The van der Waals surface area contributed by atoms with Crippen molar-refractivity contribution in [2.24, 2.45) is 0 Å². The fraction of sp³-hybridized carbons (Fsp3) is 0.438. The van der Waals surface area contributed by atoms with Crippen LogP contribution in [0.2, 0.25) is 0 Å². The first kappa shape index (κ1) is 15.5. The summed E-state index contributed by atoms with van der Waals surface area (Å²) in [6, 6.07) is 1.36. The zero-order valence-electron chi connectivity index (χ0n) is 13.1. The van der Waals surface area contributed by atoms with E-state index in [4.69, 9.17) is 4.52 Å². The molecule has 7 nitrogen and oxygen atoms in total. The predicted octanol–water partition coefficient (Wildman–Crippen LogP) is 0.566. The Balaban J connectivity index is 1.59. The molecule has 0 spiro atoms. The number of carbonyl (C=O) groups excluding carboxylic acids is 1. The summed E-state index contributed by atoms with van der Waals surface area (Å²) in [6.07, 6.45) is 3.55. The molecule has 2 aromatic heterocycles. The molecule has 1 amide bonds. The number of hydrogen-bond acceptors (Lipinski definition) is 5. The van der Waals surface area contributed by atoms with Crippen LogP contribution in [0, 0.1) is 6.92 Å². The van der Waals surface area contributed by atoms with Crippen LogP contribution in [-0.4, -0.2) is 22.6 Å². The van der Waals surface area contributed by atoms with Crippen molar-refractivity contribution in [1.29, 1.82) is 0 Å². The average Bonchev–Trinajstić information content (AvgIpc) is 2.97. The molecule has 0 bridgehead atoms. The van der Waals surface area contributed by atoms with Gasteiger partial charge in [-0.2, -0.15) is 5.16 Å². The maximum absolute atomic E-state index is 12.0. The maximum Gasteiger partial charge on any atom is 0.280 e. The van der Waals surface area contributed by atoms with Crippen LogP contribution in [0.4, 0.5) is 0 Å². The van der Waals surface area contributed by atoms with Gasteiger partial charge in [0, 0.05) is 43.9 Å². The van der Waals surface area contributed by atoms with E-state index in [1.807, 2.05) is 13.1 Å². The molecule has 1 aliphatic rings. The minimum atomic E-state index is -0.286. The number of aromatic amines is 1. The lowest BCUT2D eigenvalue weighted by Gasteiger charge is -2.21. The molecule has 0 saturated carbocycles. The fourth-order valence-corrected chi connectivity index (χ4v) is 2.83. The molecule has 0 aliphatic carbocycles. The van der Waals surface area contributed by atoms with E-state index in [1.165, 1.54) is 17.2 Å². The van der Waals surface area contributed by atoms with Gasteiger partial charge in [0.1, 0.15) is 5.76 Å². The van der Waals surface area contributed by atoms with Crippen LogP contribution >= 0.6 is 0 Å². The molecule has 3 heterocycles. The van der Waals surface area contributed by atoms with Gasteiger partial charge >= 0.3 is 0 Å². The Bertz CT molecular complexity index is 763. The Morgan fingerprint density at radius 3 is 3.13 bits per heavy atom. The number of aryl methyl sites for hydroxylation is 2. The third-order valence-electron chi connectivity index (χ3n) is 4.11. The number of amides is 1. The molecule has 3 rings (SSSR count). The van der Waals surface area contributed by atoms with E-state index in [2.05, 4.69) is 20.8 Å². The van der Waals surface area contributed by atoms with Crippen molar-refractivity contribution < 1.29 is 9.32 Å². The fourth-order valence-electron chi connectivity index (χ4n) is 2.83. The second-order valence-corrected chi connectivity index (χ2v) is 5.71. The van der Waals surface area contributed by atoms with E-state index < -0.39 is 0 Å². The van der Waals surface area contributed by atoms with Gasteiger partial charge in [0.2, 0.25) is 5.91 Å². The van der Waals surface area contributed by atoms with Crippen LogP contribution in [0.3, 0.4) is 0 Å². The van der Waals surface area contributed by atoms with Gasteiger partial charge in [-0.25, -0.2) is 0 Å². The van der Waals surface area contributed by atoms with E-state index in [0.717, 1.165) is 30.8 Å². The molecule has 1 aliphatic heterocycles. The number of nitrogens with one attached hydrogen (secondary N) is 3. The number of fused-ring (bicyclic) bond motifs is 1. The maximum atomic E-state index is 12.0. The lowest BCUT2D eigenvalue weighted by Crippen LogP contribution is -2.28. The van der Waals surface area contributed by atoms with E-state index in [1.54, 1.807) is 0 Å². The first-order valence-electron chi connectivity index (χ1n) is 7.74. The van der Waals surface area contributed by atoms with Crippen molar-refractivity contribution >= 4 is 5.91 Å². The highest BCUT2D eigenvalue weighted by Gasteiger charge is 2.16. The number of rotatable bonds is 5. The molecule has 0 unspecified atom stereocenters. The first-order chi connectivity index (χ1) is 11.1. The minimum absolute atomic E-state index is 0.0696. The normalized spacial score (nSPS) is 13.6. The molecule has 0 radical (unpaired) electrons. The monoisotopic (exact) mass is 316 g/mol. The van der Waals surface area contributed by atoms with Crippen LogP contribution in [-0.2, 0) is 30.7 Å². The van der Waals surface area contributed by atoms with Crippen molar-refractivity contribution in [3.63, 3.8) is 0 Å². The second kappa shape index (κ2) is 6.78. The Morgan fingerprint density at radius 2 is 2.35 bits per heavy atom. The zero-order chi connectivity index (χ0) is 16.2. The second-order valence-electron chi connectivity index (χ2n) is 5.71. The summed E-state index contributed by atoms with van der Waals surface area (Å²) in [7, 11) is 0. The van der Waals surface area contributed by atoms with Crippen LogP contribution in [0.25, 0.3) is 0 Å². The molecule has 0 atom stereocenters. The standard InChI is InChI=1S/C16H20N4O3/c1-10-14(13-4-5-17-7-11(13)8-18-10)9-19-15(21)3-2-12-6-16(22)20-23-12/h6,8,17H,2-5,7,9H2,1H3,(H,19,21)(H,20,22). The van der Waals surface area contributed by atoms with Gasteiger partial charge in [-0.1, -0.05) is 0 Å². The highest BCUT2D eigenvalue weighted by Crippen LogP contribution is 2.20. The van der Waals surface area contributed by atoms with Gasteiger partial charge in [-0.15, -0.1) is 0 Å². The summed E-state index contributed by atoms with van der Waals surface area (Å²) in [4.78, 5) is 27.4. The Morgan fingerprint density at radius 1 is 1.48 bits per heavy atom. The lowest BCUT2D eigenvalue weighted by molar-refractivity contribution is -0.121. The first-order valence-corrected chi connectivity index (χ1v) is 7.74. The highest BCUT2D eigenvalue weighted by atomic mass is 16.5. The third kappa shape index (κ3) is 3.68. The van der Waals surface area contributed by atoms with Crippen molar-refractivity contribution in [1.82, 2.24) is 20.8 Å². The molecule has 0 aromatic carbocycles. The highest BCUT2D eigenvalue weighted by molar-refractivity contribution is 5.76. The van der Waals surface area contributed by atoms with Gasteiger partial charge in [0.05, 0.1) is 0 Å². The lowest BCUT2D eigenvalue weighted by atomic mass is 9.96. The smallest absolute Gasteiger partial charge is 0.280 e. The number of carbonyl (C=O) groups is 1. The minimum Gasteiger partial charge on any atom is -0.384 e. The van der Waals surface area contributed by atoms with Gasteiger partial charge in [-0.3, -0.25) is 14.6 Å². The Hall–Kier alpha value is -2.41. The van der Waals surface area contributed by atoms with Crippen molar-refractivity contribution in [2.75, 3.05) is 6.54 Å². The van der Waals surface area contributed by atoms with Gasteiger partial charge < -0.3 is 15.2 Å². The van der Waals surface area contributed by atoms with E-state index >= 15 is 0 Å². The SMILES string of the molecule is Cc1ncc2c(c1CNC(=O)CCc1cc(=O)[nH]o1)CCNC2. The summed E-state index contributed by atoms with van der Waals surface area (Å²) < 4.78 is 4.94. The van der Waals surface area contributed by atoms with Crippen LogP contribution in [0.5, 0.6) is 0 Å². The summed E-state index contributed by atoms with van der Waals surface area (Å²) in [5, 5.41) is 8.48. The number of H-pyrrole nitrogens is 1. The van der Waals surface area contributed by atoms with Crippen LogP contribution in [0.15, 0.2) is 21.6 Å². The summed E-state index contributed by atoms with van der Waals surface area (Å²) in [5.74, 6) is 0.422. The molecule has 7 heteroatoms. The number of nitrogens with zero attached hydrogens (tertiary/aromatic N) is 1. The van der Waals surface area contributed by atoms with Crippen molar-refractivity contribution in [3.8, 4) is 0 Å². The van der Waals surface area contributed by atoms with E-state index in [0.29, 0.717) is 18.7 Å². The molecule has 2 aromatic rings. The predicted molar refractivity (Wildman–Crippen MR) is 83.9 cm³/mol. The zero-order valence-corrected chi connectivity index (χ0v) is 13.1. The molecule has 23 heavy (non-hydrogen) atoms. The summed E-state index contributed by atoms with van der Waals surface area (Å²) in [6.45, 7) is 4.23. The molecular formula is C16H20N4O3. The van der Waals surface area contributed by atoms with Gasteiger partial charge in [-0.05, 0) is 36.6 Å². The van der Waals surface area contributed by atoms with E-state index in [-0.39, 0.29) is 17.9 Å². The molecule has 122 valence electrons. The van der Waals surface area contributed by atoms with Gasteiger partial charge in [0.25, 0.3) is 5.56 Å². The third-order valence-corrected chi connectivity index (χ3v) is 4.11. The van der Waals surface area contributed by atoms with Crippen LogP contribution < -0.4 is 16.2 Å². The van der Waals surface area contributed by atoms with Crippen molar-refractivity contribution in [2.45, 2.75) is 39.3 Å². The van der Waals surface area contributed by atoms with Crippen molar-refractivity contribution in [3.05, 3.63) is 50.8 Å². The average molecular weight is 316 g/mol. The Kier molecular flexibility index (Phi) is 4.57. The molecular weight excluding hydrogens is 296 g/mol. The number of aromatic nitrogens is 2. The van der Waals surface area contributed by atoms with Gasteiger partial charge in [0.15, 0.2) is 0 Å². The summed E-state index contributed by atoms with van der Waals surface area (Å²) in [5.41, 5.74) is 4.30. The molecule has 0 saturated heterocycles. The van der Waals surface area contributed by atoms with E-state index in [9.17, 15) is 9.59 Å². The molecule has 3 N–H and O–H groups in total. The Labute approximate surface area is 133 Å². The topological polar surface area (TPSA) is 100 Å². The summed E-state index contributed by atoms with van der Waals surface area (Å²) >= 11 is 0. The largest absolute Gasteiger partial charge is 0.384 e. The molecule has 0 fully saturated rings. The number of hydrogen-bond donors (Lipinski definition) is 3. The van der Waals surface area contributed by atoms with Crippen LogP contribution in [0.1, 0.15) is 34.6 Å². The quantitative estimate of drug-likeness (QED) is 0.749.